The summed E-state index contributed by atoms with van der Waals surface area (Å²) >= 11 is 6.46. The fourth-order valence-electron chi connectivity index (χ4n) is 4.49. The molecule has 0 bridgehead atoms. The number of hydrogen-bond acceptors (Lipinski definition) is 7. The number of rotatable bonds is 8. The first-order valence-corrected chi connectivity index (χ1v) is 14.5. The van der Waals surface area contributed by atoms with Gasteiger partial charge in [-0.15, -0.1) is 0 Å². The van der Waals surface area contributed by atoms with Gasteiger partial charge in [0.15, 0.2) is 0 Å². The molecule has 3 aromatic carbocycles. The summed E-state index contributed by atoms with van der Waals surface area (Å²) in [6.07, 6.45) is -0.486. The molecule has 0 unspecified atom stereocenters. The third kappa shape index (κ3) is 7.56. The Morgan fingerprint density at radius 3 is 2.30 bits per heavy atom. The van der Waals surface area contributed by atoms with Gasteiger partial charge >= 0.3 is 12.2 Å². The molecule has 6 rings (SSSR count). The number of nitrogens with one attached hydrogen (secondary N) is 4. The van der Waals surface area contributed by atoms with Gasteiger partial charge in [0.05, 0.1) is 21.8 Å². The number of pyridine rings is 1. The summed E-state index contributed by atoms with van der Waals surface area (Å²) < 4.78 is 46.6. The van der Waals surface area contributed by atoms with E-state index in [2.05, 4.69) is 36.4 Å². The van der Waals surface area contributed by atoms with Crippen LogP contribution in [0.15, 0.2) is 89.7 Å². The van der Waals surface area contributed by atoms with Crippen LogP contribution in [0.1, 0.15) is 28.8 Å². The second-order valence-electron chi connectivity index (χ2n) is 10.5. The van der Waals surface area contributed by atoms with Gasteiger partial charge in [0.1, 0.15) is 0 Å². The molecule has 47 heavy (non-hydrogen) atoms. The lowest BCUT2D eigenvalue weighted by molar-refractivity contribution is -0.136. The molecule has 1 aliphatic rings. The number of carbonyl (C=O) groups is 3. The zero-order valence-electron chi connectivity index (χ0n) is 24.1. The minimum Gasteiger partial charge on any atom is -0.334 e. The Labute approximate surface area is 269 Å². The van der Waals surface area contributed by atoms with Gasteiger partial charge in [-0.25, -0.2) is 4.79 Å². The molecule has 11 nitrogen and oxygen atoms in total. The van der Waals surface area contributed by atoms with Crippen LogP contribution in [0.3, 0.4) is 0 Å². The molecule has 4 N–H and O–H groups in total. The maximum atomic E-state index is 13.7. The monoisotopic (exact) mass is 661 g/mol. The normalized spacial score (nSPS) is 12.7. The summed E-state index contributed by atoms with van der Waals surface area (Å²) in [6, 6.07) is 16.7. The minimum atomic E-state index is -4.76. The number of halogens is 4. The predicted molar refractivity (Wildman–Crippen MR) is 168 cm³/mol. The van der Waals surface area contributed by atoms with Crippen molar-refractivity contribution < 1.29 is 32.1 Å². The standard InChI is InChI=1S/C32H23ClF3N7O4/c33-25-15-22(38-29(45)19-4-2-12-37-16-19)8-10-23(25)27-42-30(47-43-27)18-3-1-5-20(13-18)39-31(46)40-21-9-11-26(24(14-21)32(34,35)36)41-28(44)17-6-7-17/h1-5,8-17H,6-7H2,(H,38,45)(H,41,44)(H2,39,40,46). The maximum Gasteiger partial charge on any atom is 0.418 e. The molecule has 0 radical (unpaired) electrons. The van der Waals surface area contributed by atoms with E-state index in [9.17, 15) is 27.6 Å². The van der Waals surface area contributed by atoms with Crippen LogP contribution in [0.5, 0.6) is 0 Å². The van der Waals surface area contributed by atoms with E-state index in [1.807, 2.05) is 0 Å². The number of aromatic nitrogens is 3. The average Bonchev–Trinajstić information content (AvgIpc) is 3.79. The first kappa shape index (κ1) is 31.2. The highest BCUT2D eigenvalue weighted by Crippen LogP contribution is 2.38. The Kier molecular flexibility index (Phi) is 8.59. The van der Waals surface area contributed by atoms with Crippen molar-refractivity contribution >= 4 is 52.2 Å². The van der Waals surface area contributed by atoms with Crippen LogP contribution in [-0.2, 0) is 11.0 Å². The van der Waals surface area contributed by atoms with Crippen molar-refractivity contribution in [3.63, 3.8) is 0 Å². The van der Waals surface area contributed by atoms with E-state index in [1.165, 1.54) is 18.3 Å². The lowest BCUT2D eigenvalue weighted by Crippen LogP contribution is -2.21. The second-order valence-corrected chi connectivity index (χ2v) is 10.9. The van der Waals surface area contributed by atoms with Crippen molar-refractivity contribution in [3.8, 4) is 22.8 Å². The molecule has 238 valence electrons. The van der Waals surface area contributed by atoms with Crippen molar-refractivity contribution in [2.75, 3.05) is 21.3 Å². The third-order valence-corrected chi connectivity index (χ3v) is 7.29. The molecule has 0 atom stereocenters. The fourth-order valence-corrected chi connectivity index (χ4v) is 4.76. The van der Waals surface area contributed by atoms with E-state index in [1.54, 1.807) is 54.7 Å². The fraction of sp³-hybridized carbons (Fsp3) is 0.125. The quantitative estimate of drug-likeness (QED) is 0.133. The van der Waals surface area contributed by atoms with Crippen LogP contribution in [0.2, 0.25) is 5.02 Å². The van der Waals surface area contributed by atoms with Crippen LogP contribution in [0, 0.1) is 5.92 Å². The topological polar surface area (TPSA) is 151 Å². The lowest BCUT2D eigenvalue weighted by atomic mass is 10.1. The molecule has 15 heteroatoms. The first-order valence-electron chi connectivity index (χ1n) is 14.1. The second kappa shape index (κ2) is 12.9. The number of benzene rings is 3. The number of carbonyl (C=O) groups excluding carboxylic acids is 3. The molecule has 2 aromatic heterocycles. The van der Waals surface area contributed by atoms with Gasteiger partial charge in [-0.05, 0) is 79.6 Å². The van der Waals surface area contributed by atoms with Gasteiger partial charge in [-0.2, -0.15) is 18.2 Å². The molecule has 2 heterocycles. The number of alkyl halides is 3. The minimum absolute atomic E-state index is 0.104. The van der Waals surface area contributed by atoms with E-state index in [0.717, 1.165) is 12.1 Å². The average molecular weight is 662 g/mol. The summed E-state index contributed by atoms with van der Waals surface area (Å²) in [5, 5.41) is 14.2. The first-order chi connectivity index (χ1) is 22.5. The number of hydrogen-bond donors (Lipinski definition) is 4. The summed E-state index contributed by atoms with van der Waals surface area (Å²) in [5.74, 6) is -0.830. The van der Waals surface area contributed by atoms with Gasteiger partial charge < -0.3 is 25.8 Å². The van der Waals surface area contributed by atoms with Gasteiger partial charge in [0.2, 0.25) is 11.7 Å². The SMILES string of the molecule is O=C(Nc1cccc(-c2nc(-c3ccc(NC(=O)c4cccnc4)cc3Cl)no2)c1)Nc1ccc(NC(=O)C2CC2)c(C(F)(F)F)c1. The van der Waals surface area contributed by atoms with Crippen molar-refractivity contribution in [1.82, 2.24) is 15.1 Å². The van der Waals surface area contributed by atoms with Crippen LogP contribution < -0.4 is 21.3 Å². The molecular formula is C32H23ClF3N7O4. The number of urea groups is 1. The molecule has 5 aromatic rings. The molecule has 1 aliphatic carbocycles. The lowest BCUT2D eigenvalue weighted by Gasteiger charge is -2.16. The van der Waals surface area contributed by atoms with E-state index >= 15 is 0 Å². The smallest absolute Gasteiger partial charge is 0.334 e. The van der Waals surface area contributed by atoms with Crippen LogP contribution in [0.4, 0.5) is 40.7 Å². The zero-order chi connectivity index (χ0) is 33.1. The zero-order valence-corrected chi connectivity index (χ0v) is 24.8. The number of anilines is 4. The third-order valence-electron chi connectivity index (χ3n) is 6.97. The summed E-state index contributed by atoms with van der Waals surface area (Å²) in [7, 11) is 0. The Morgan fingerprint density at radius 1 is 0.851 bits per heavy atom. The van der Waals surface area contributed by atoms with Crippen LogP contribution in [0.25, 0.3) is 22.8 Å². The van der Waals surface area contributed by atoms with Gasteiger partial charge in [0.25, 0.3) is 11.8 Å². The van der Waals surface area contributed by atoms with Crippen molar-refractivity contribution in [1.29, 1.82) is 0 Å². The van der Waals surface area contributed by atoms with Gasteiger partial charge in [-0.3, -0.25) is 14.6 Å². The summed E-state index contributed by atoms with van der Waals surface area (Å²) in [4.78, 5) is 45.5. The van der Waals surface area contributed by atoms with E-state index in [4.69, 9.17) is 16.1 Å². The predicted octanol–water partition coefficient (Wildman–Crippen LogP) is 7.72. The Hall–Kier alpha value is -5.76. The van der Waals surface area contributed by atoms with Crippen molar-refractivity contribution in [2.24, 2.45) is 5.92 Å². The Bertz CT molecular complexity index is 1980. The molecule has 0 saturated heterocycles. The number of amides is 4. The van der Waals surface area contributed by atoms with Crippen LogP contribution in [-0.4, -0.2) is 33.0 Å². The molecule has 1 saturated carbocycles. The molecule has 1 fully saturated rings. The summed E-state index contributed by atoms with van der Waals surface area (Å²) in [5.41, 5.74) is 0.398. The highest BCUT2D eigenvalue weighted by atomic mass is 35.5. The van der Waals surface area contributed by atoms with E-state index < -0.39 is 23.7 Å². The molecular weight excluding hydrogens is 639 g/mol. The van der Waals surface area contributed by atoms with Gasteiger partial charge in [-0.1, -0.05) is 22.8 Å². The number of nitrogens with zero attached hydrogens (tertiary/aromatic N) is 3. The highest BCUT2D eigenvalue weighted by Gasteiger charge is 2.36. The van der Waals surface area contributed by atoms with E-state index in [0.29, 0.717) is 35.2 Å². The van der Waals surface area contributed by atoms with Crippen molar-refractivity contribution in [3.05, 3.63) is 101 Å². The summed E-state index contributed by atoms with van der Waals surface area (Å²) in [6.45, 7) is 0. The Morgan fingerprint density at radius 2 is 1.60 bits per heavy atom. The van der Waals surface area contributed by atoms with E-state index in [-0.39, 0.29) is 45.6 Å². The Balaban J connectivity index is 1.12. The highest BCUT2D eigenvalue weighted by molar-refractivity contribution is 6.33. The maximum absolute atomic E-state index is 13.7. The molecule has 4 amide bonds. The largest absolute Gasteiger partial charge is 0.418 e. The van der Waals surface area contributed by atoms with Crippen LogP contribution >= 0.6 is 11.6 Å². The molecule has 0 spiro atoms. The molecule has 0 aliphatic heterocycles. The van der Waals surface area contributed by atoms with Gasteiger partial charge in [0, 0.05) is 46.5 Å². The van der Waals surface area contributed by atoms with Crippen molar-refractivity contribution in [2.45, 2.75) is 19.0 Å².